The van der Waals surface area contributed by atoms with Crippen molar-refractivity contribution in [2.45, 2.75) is 27.2 Å². The fraction of sp³-hybridized carbons (Fsp3) is 0.800. The minimum Gasteiger partial charge on any atom is -0.320 e. The fourth-order valence-electron chi connectivity index (χ4n) is 0. The Bertz CT molecular complexity index is 17.9. The topological polar surface area (TPSA) is 0 Å². The van der Waals surface area contributed by atoms with Crippen molar-refractivity contribution in [3.63, 3.8) is 0 Å². The van der Waals surface area contributed by atoms with Crippen LogP contribution in [0.3, 0.4) is 0 Å². The summed E-state index contributed by atoms with van der Waals surface area (Å²) in [6, 6.07) is 0. The van der Waals surface area contributed by atoms with Crippen LogP contribution >= 0.6 is 0 Å². The van der Waals surface area contributed by atoms with Crippen LogP contribution in [-0.2, 0) is 26.2 Å². The molecule has 0 aromatic rings. The molecule has 36 valence electrons. The van der Waals surface area contributed by atoms with Crippen LogP contribution in [0.25, 0.3) is 0 Å². The Hall–Kier alpha value is 0.883. The van der Waals surface area contributed by atoms with E-state index in [-0.39, 0.29) is 26.2 Å². The van der Waals surface area contributed by atoms with Crippen LogP contribution < -0.4 is 0 Å². The minimum absolute atomic E-state index is 0. The van der Waals surface area contributed by atoms with Crippen LogP contribution in [0.15, 0.2) is 0 Å². The van der Waals surface area contributed by atoms with E-state index in [1.807, 2.05) is 0 Å². The summed E-state index contributed by atoms with van der Waals surface area (Å²) in [6.07, 6.45) is 1.22. The molecule has 0 aliphatic heterocycles. The maximum atomic E-state index is 2.16. The number of hydrogen-bond donors (Lipinski definition) is 0. The first kappa shape index (κ1) is 9.99. The zero-order chi connectivity index (χ0) is 4.28. The van der Waals surface area contributed by atoms with Gasteiger partial charge in [0.1, 0.15) is 0 Å². The maximum absolute atomic E-state index is 2.16. The van der Waals surface area contributed by atoms with E-state index in [9.17, 15) is 0 Å². The molecule has 0 N–H and O–H groups in total. The van der Waals surface area contributed by atoms with Gasteiger partial charge >= 0.3 is 0 Å². The van der Waals surface area contributed by atoms with Gasteiger partial charge in [0.05, 0.1) is 0 Å². The predicted molar refractivity (Wildman–Crippen MR) is 24.9 cm³/mol. The molecule has 1 heteroatoms. The third-order valence-corrected chi connectivity index (χ3v) is 0.707. The zero-order valence-electron chi connectivity index (χ0n) is 4.71. The van der Waals surface area contributed by atoms with E-state index in [4.69, 9.17) is 0 Å². The van der Waals surface area contributed by atoms with E-state index in [0.29, 0.717) is 0 Å². The monoisotopic (exact) mass is 161 g/mol. The van der Waals surface area contributed by atoms with Gasteiger partial charge < -0.3 is 5.92 Å². The second kappa shape index (κ2) is 5.88. The molecule has 0 spiro atoms. The number of rotatable bonds is 1. The predicted octanol–water partition coefficient (Wildman–Crippen LogP) is 2.01. The Labute approximate surface area is 59.4 Å². The first-order valence-corrected chi connectivity index (χ1v) is 2.06. The maximum Gasteiger partial charge on any atom is 0 e. The molecule has 0 amide bonds. The van der Waals surface area contributed by atoms with Gasteiger partial charge in [-0.3, -0.25) is 0 Å². The third kappa shape index (κ3) is 8.86. The Morgan fingerprint density at radius 3 is 1.50 bits per heavy atom. The summed E-state index contributed by atoms with van der Waals surface area (Å²) < 4.78 is 0. The molecular weight excluding hydrogens is 151 g/mol. The molecule has 0 rings (SSSR count). The third-order valence-electron chi connectivity index (χ3n) is 0.707. The van der Waals surface area contributed by atoms with E-state index < -0.39 is 0 Å². The standard InChI is InChI=1S/C5H11.Zr/c1-4-5(2)3;/h4H2,1-3H3;/q-1;. The van der Waals surface area contributed by atoms with Crippen molar-refractivity contribution in [3.8, 4) is 0 Å². The summed E-state index contributed by atoms with van der Waals surface area (Å²) in [4.78, 5) is 0. The zero-order valence-corrected chi connectivity index (χ0v) is 7.17. The van der Waals surface area contributed by atoms with E-state index in [1.165, 1.54) is 12.3 Å². The first-order valence-electron chi connectivity index (χ1n) is 2.06. The van der Waals surface area contributed by atoms with E-state index in [2.05, 4.69) is 20.8 Å². The molecular formula is C5H11Zr-. The molecule has 0 unspecified atom stereocenters. The molecule has 0 aliphatic rings. The first-order chi connectivity index (χ1) is 2.27. The Kier molecular flexibility index (Phi) is 9.80. The molecule has 0 radical (unpaired) electrons. The molecule has 0 fully saturated rings. The summed E-state index contributed by atoms with van der Waals surface area (Å²) in [5, 5.41) is 0. The molecule has 0 saturated heterocycles. The summed E-state index contributed by atoms with van der Waals surface area (Å²) in [5.41, 5.74) is 0. The van der Waals surface area contributed by atoms with Gasteiger partial charge in [-0.15, -0.1) is 0 Å². The van der Waals surface area contributed by atoms with Crippen molar-refractivity contribution < 1.29 is 26.2 Å². The van der Waals surface area contributed by atoms with Crippen molar-refractivity contribution in [1.82, 2.24) is 0 Å². The van der Waals surface area contributed by atoms with Gasteiger partial charge in [0.2, 0.25) is 0 Å². The van der Waals surface area contributed by atoms with Gasteiger partial charge in [-0.1, -0.05) is 6.92 Å². The number of hydrogen-bond acceptors (Lipinski definition) is 0. The van der Waals surface area contributed by atoms with Gasteiger partial charge in [-0.2, -0.15) is 20.3 Å². The quantitative estimate of drug-likeness (QED) is 0.517. The normalized spacial score (nSPS) is 8.00. The molecule has 0 aromatic carbocycles. The van der Waals surface area contributed by atoms with E-state index in [1.54, 1.807) is 0 Å². The van der Waals surface area contributed by atoms with Crippen LogP contribution in [0.2, 0.25) is 0 Å². The van der Waals surface area contributed by atoms with Crippen molar-refractivity contribution in [2.75, 3.05) is 0 Å². The largest absolute Gasteiger partial charge is 0.320 e. The van der Waals surface area contributed by atoms with Gasteiger partial charge in [-0.05, 0) is 0 Å². The van der Waals surface area contributed by atoms with Gasteiger partial charge in [0.15, 0.2) is 0 Å². The van der Waals surface area contributed by atoms with Crippen LogP contribution in [0, 0.1) is 5.92 Å². The average molecular weight is 162 g/mol. The van der Waals surface area contributed by atoms with Crippen LogP contribution in [0.4, 0.5) is 0 Å². The smallest absolute Gasteiger partial charge is 0 e. The molecule has 0 heterocycles. The fourth-order valence-corrected chi connectivity index (χ4v) is 0. The van der Waals surface area contributed by atoms with Crippen molar-refractivity contribution in [1.29, 1.82) is 0 Å². The van der Waals surface area contributed by atoms with Crippen LogP contribution in [-0.4, -0.2) is 0 Å². The van der Waals surface area contributed by atoms with Gasteiger partial charge in [0.25, 0.3) is 0 Å². The second-order valence-electron chi connectivity index (χ2n) is 1.56. The SMILES string of the molecule is CC[C-](C)C.[Zr]. The Morgan fingerprint density at radius 1 is 1.33 bits per heavy atom. The molecule has 0 aromatic heterocycles. The summed E-state index contributed by atoms with van der Waals surface area (Å²) in [6.45, 7) is 6.44. The summed E-state index contributed by atoms with van der Waals surface area (Å²) in [7, 11) is 0. The molecule has 6 heavy (non-hydrogen) atoms. The molecule has 0 atom stereocenters. The second-order valence-corrected chi connectivity index (χ2v) is 1.56. The average Bonchev–Trinajstić information content (AvgIpc) is 1.38. The van der Waals surface area contributed by atoms with E-state index >= 15 is 0 Å². The van der Waals surface area contributed by atoms with Crippen molar-refractivity contribution >= 4 is 0 Å². The van der Waals surface area contributed by atoms with Crippen LogP contribution in [0.1, 0.15) is 27.2 Å². The Balaban J connectivity index is 0. The Morgan fingerprint density at radius 2 is 1.50 bits per heavy atom. The van der Waals surface area contributed by atoms with Crippen molar-refractivity contribution in [2.24, 2.45) is 0 Å². The molecule has 0 bridgehead atoms. The molecule has 0 aliphatic carbocycles. The molecule has 0 saturated carbocycles. The van der Waals surface area contributed by atoms with Crippen LogP contribution in [0.5, 0.6) is 0 Å². The van der Waals surface area contributed by atoms with Gasteiger partial charge in [0, 0.05) is 26.2 Å². The summed E-state index contributed by atoms with van der Waals surface area (Å²) >= 11 is 0. The van der Waals surface area contributed by atoms with Gasteiger partial charge in [-0.25, -0.2) is 0 Å². The summed E-state index contributed by atoms with van der Waals surface area (Å²) in [5.74, 6) is 1.50. The van der Waals surface area contributed by atoms with Crippen molar-refractivity contribution in [3.05, 3.63) is 5.92 Å². The minimum atomic E-state index is 0. The van der Waals surface area contributed by atoms with E-state index in [0.717, 1.165) is 0 Å². The molecule has 0 nitrogen and oxygen atoms in total.